The number of carboxylic acids is 1. The fraction of sp³-hybridized carbons (Fsp3) is 0.909. The SMILES string of the molecule is CC1CCCCC1CC(CN)C(=O)O. The molecular formula is C11H21NO2. The summed E-state index contributed by atoms with van der Waals surface area (Å²) < 4.78 is 0. The molecule has 0 spiro atoms. The Bertz CT molecular complexity index is 194. The molecule has 0 amide bonds. The molecule has 1 fully saturated rings. The predicted molar refractivity (Wildman–Crippen MR) is 55.9 cm³/mol. The van der Waals surface area contributed by atoms with Gasteiger partial charge in [0, 0.05) is 6.54 Å². The van der Waals surface area contributed by atoms with Crippen molar-refractivity contribution in [3.8, 4) is 0 Å². The van der Waals surface area contributed by atoms with Gasteiger partial charge in [-0.3, -0.25) is 4.79 Å². The first-order valence-electron chi connectivity index (χ1n) is 5.58. The molecule has 3 atom stereocenters. The van der Waals surface area contributed by atoms with E-state index in [0.29, 0.717) is 11.8 Å². The van der Waals surface area contributed by atoms with Crippen molar-refractivity contribution in [3.63, 3.8) is 0 Å². The average Bonchev–Trinajstić information content (AvgIpc) is 2.16. The third-order valence-corrected chi connectivity index (χ3v) is 3.51. The number of nitrogens with two attached hydrogens (primary N) is 1. The molecule has 1 aliphatic carbocycles. The molecule has 1 saturated carbocycles. The lowest BCUT2D eigenvalue weighted by atomic mass is 9.76. The first-order chi connectivity index (χ1) is 6.65. The van der Waals surface area contributed by atoms with E-state index in [1.54, 1.807) is 0 Å². The molecule has 0 saturated heterocycles. The molecule has 3 heteroatoms. The molecule has 0 aromatic carbocycles. The molecular weight excluding hydrogens is 178 g/mol. The molecule has 3 N–H and O–H groups in total. The Balaban J connectivity index is 2.43. The Morgan fingerprint density at radius 3 is 2.64 bits per heavy atom. The zero-order valence-corrected chi connectivity index (χ0v) is 8.91. The van der Waals surface area contributed by atoms with Crippen molar-refractivity contribution >= 4 is 5.97 Å². The van der Waals surface area contributed by atoms with Gasteiger partial charge in [-0.15, -0.1) is 0 Å². The van der Waals surface area contributed by atoms with Gasteiger partial charge in [0.2, 0.25) is 0 Å². The maximum atomic E-state index is 10.8. The summed E-state index contributed by atoms with van der Waals surface area (Å²) in [4.78, 5) is 10.8. The van der Waals surface area contributed by atoms with Crippen molar-refractivity contribution in [3.05, 3.63) is 0 Å². The van der Waals surface area contributed by atoms with Crippen molar-refractivity contribution in [2.75, 3.05) is 6.54 Å². The Labute approximate surface area is 85.7 Å². The highest BCUT2D eigenvalue weighted by molar-refractivity contribution is 5.70. The first-order valence-corrected chi connectivity index (χ1v) is 5.58. The van der Waals surface area contributed by atoms with Gasteiger partial charge in [0.05, 0.1) is 5.92 Å². The minimum absolute atomic E-state index is 0.276. The van der Waals surface area contributed by atoms with Crippen LogP contribution in [0.4, 0.5) is 0 Å². The Hall–Kier alpha value is -0.570. The standard InChI is InChI=1S/C11H21NO2/c1-8-4-2-3-5-9(8)6-10(7-12)11(13)14/h8-10H,2-7,12H2,1H3,(H,13,14). The lowest BCUT2D eigenvalue weighted by molar-refractivity contribution is -0.142. The molecule has 0 aliphatic heterocycles. The van der Waals surface area contributed by atoms with Gasteiger partial charge in [0.25, 0.3) is 0 Å². The summed E-state index contributed by atoms with van der Waals surface area (Å²) in [5, 5.41) is 8.91. The predicted octanol–water partition coefficient (Wildman–Crippen LogP) is 1.86. The molecule has 0 radical (unpaired) electrons. The highest BCUT2D eigenvalue weighted by atomic mass is 16.4. The van der Waals surface area contributed by atoms with E-state index >= 15 is 0 Å². The molecule has 3 nitrogen and oxygen atoms in total. The molecule has 14 heavy (non-hydrogen) atoms. The lowest BCUT2D eigenvalue weighted by Crippen LogP contribution is -2.29. The van der Waals surface area contributed by atoms with Crippen LogP contribution in [0.15, 0.2) is 0 Å². The molecule has 0 aromatic rings. The van der Waals surface area contributed by atoms with Gasteiger partial charge in [-0.1, -0.05) is 32.6 Å². The van der Waals surface area contributed by atoms with Crippen LogP contribution in [-0.2, 0) is 4.79 Å². The number of hydrogen-bond donors (Lipinski definition) is 2. The van der Waals surface area contributed by atoms with Crippen LogP contribution >= 0.6 is 0 Å². The summed E-state index contributed by atoms with van der Waals surface area (Å²) in [5.74, 6) is 0.191. The summed E-state index contributed by atoms with van der Waals surface area (Å²) in [6.07, 6.45) is 5.77. The van der Waals surface area contributed by atoms with E-state index in [1.165, 1.54) is 25.7 Å². The lowest BCUT2D eigenvalue weighted by Gasteiger charge is -2.30. The normalized spacial score (nSPS) is 29.9. The molecule has 0 bridgehead atoms. The molecule has 0 heterocycles. The third-order valence-electron chi connectivity index (χ3n) is 3.51. The zero-order valence-electron chi connectivity index (χ0n) is 8.91. The average molecular weight is 199 g/mol. The number of rotatable bonds is 4. The van der Waals surface area contributed by atoms with Crippen LogP contribution in [0.1, 0.15) is 39.0 Å². The number of carbonyl (C=O) groups is 1. The molecule has 1 aliphatic rings. The fourth-order valence-corrected chi connectivity index (χ4v) is 2.41. The van der Waals surface area contributed by atoms with Crippen molar-refractivity contribution < 1.29 is 9.90 Å². The zero-order chi connectivity index (χ0) is 10.6. The fourth-order valence-electron chi connectivity index (χ4n) is 2.41. The van der Waals surface area contributed by atoms with Crippen molar-refractivity contribution in [2.24, 2.45) is 23.5 Å². The van der Waals surface area contributed by atoms with E-state index in [1.807, 2.05) is 0 Å². The van der Waals surface area contributed by atoms with E-state index in [0.717, 1.165) is 6.42 Å². The van der Waals surface area contributed by atoms with Crippen LogP contribution in [0.3, 0.4) is 0 Å². The molecule has 3 unspecified atom stereocenters. The smallest absolute Gasteiger partial charge is 0.307 e. The summed E-state index contributed by atoms with van der Waals surface area (Å²) in [5.41, 5.74) is 5.46. The highest BCUT2D eigenvalue weighted by Gasteiger charge is 2.26. The Morgan fingerprint density at radius 1 is 1.50 bits per heavy atom. The van der Waals surface area contributed by atoms with Gasteiger partial charge >= 0.3 is 5.97 Å². The summed E-state index contributed by atoms with van der Waals surface area (Å²) in [6.45, 7) is 2.51. The van der Waals surface area contributed by atoms with E-state index in [9.17, 15) is 4.79 Å². The van der Waals surface area contributed by atoms with Gasteiger partial charge in [-0.05, 0) is 18.3 Å². The Kier molecular flexibility index (Phi) is 4.39. The number of carboxylic acid groups (broad SMARTS) is 1. The first kappa shape index (κ1) is 11.5. The monoisotopic (exact) mass is 199 g/mol. The minimum atomic E-state index is -0.731. The molecule has 1 rings (SSSR count). The van der Waals surface area contributed by atoms with Gasteiger partial charge in [0.1, 0.15) is 0 Å². The van der Waals surface area contributed by atoms with Crippen molar-refractivity contribution in [1.82, 2.24) is 0 Å². The topological polar surface area (TPSA) is 63.3 Å². The van der Waals surface area contributed by atoms with E-state index < -0.39 is 5.97 Å². The second-order valence-electron chi connectivity index (χ2n) is 4.53. The van der Waals surface area contributed by atoms with Gasteiger partial charge in [-0.25, -0.2) is 0 Å². The van der Waals surface area contributed by atoms with E-state index in [4.69, 9.17) is 10.8 Å². The maximum absolute atomic E-state index is 10.8. The van der Waals surface area contributed by atoms with Crippen LogP contribution in [0.2, 0.25) is 0 Å². The summed E-state index contributed by atoms with van der Waals surface area (Å²) in [6, 6.07) is 0. The quantitative estimate of drug-likeness (QED) is 0.726. The summed E-state index contributed by atoms with van der Waals surface area (Å²) >= 11 is 0. The largest absolute Gasteiger partial charge is 0.481 e. The number of aliphatic carboxylic acids is 1. The van der Waals surface area contributed by atoms with Crippen LogP contribution in [0.5, 0.6) is 0 Å². The van der Waals surface area contributed by atoms with Crippen LogP contribution in [0.25, 0.3) is 0 Å². The maximum Gasteiger partial charge on any atom is 0.307 e. The van der Waals surface area contributed by atoms with Crippen molar-refractivity contribution in [2.45, 2.75) is 39.0 Å². The summed E-state index contributed by atoms with van der Waals surface area (Å²) in [7, 11) is 0. The Morgan fingerprint density at radius 2 is 2.14 bits per heavy atom. The second kappa shape index (κ2) is 5.35. The molecule has 0 aromatic heterocycles. The molecule has 82 valence electrons. The van der Waals surface area contributed by atoms with Crippen LogP contribution < -0.4 is 5.73 Å². The number of hydrogen-bond acceptors (Lipinski definition) is 2. The van der Waals surface area contributed by atoms with E-state index in [2.05, 4.69) is 6.92 Å². The van der Waals surface area contributed by atoms with Gasteiger partial charge in [0.15, 0.2) is 0 Å². The second-order valence-corrected chi connectivity index (χ2v) is 4.53. The minimum Gasteiger partial charge on any atom is -0.481 e. The van der Waals surface area contributed by atoms with E-state index in [-0.39, 0.29) is 12.5 Å². The van der Waals surface area contributed by atoms with Crippen molar-refractivity contribution in [1.29, 1.82) is 0 Å². The van der Waals surface area contributed by atoms with Crippen LogP contribution in [-0.4, -0.2) is 17.6 Å². The third kappa shape index (κ3) is 2.98. The van der Waals surface area contributed by atoms with Gasteiger partial charge in [-0.2, -0.15) is 0 Å². The highest BCUT2D eigenvalue weighted by Crippen LogP contribution is 2.33. The van der Waals surface area contributed by atoms with Crippen LogP contribution in [0, 0.1) is 17.8 Å². The van der Waals surface area contributed by atoms with Gasteiger partial charge < -0.3 is 10.8 Å².